The summed E-state index contributed by atoms with van der Waals surface area (Å²) in [4.78, 5) is 23.3. The van der Waals surface area contributed by atoms with E-state index in [9.17, 15) is 9.59 Å². The summed E-state index contributed by atoms with van der Waals surface area (Å²) in [5.41, 5.74) is -1.47. The summed E-state index contributed by atoms with van der Waals surface area (Å²) in [6, 6.07) is 0. The molecule has 0 aliphatic heterocycles. The van der Waals surface area contributed by atoms with Crippen LogP contribution in [0.25, 0.3) is 0 Å². The van der Waals surface area contributed by atoms with Crippen molar-refractivity contribution in [3.8, 4) is 0 Å². The molecule has 4 nitrogen and oxygen atoms in total. The molecule has 0 N–H and O–H groups in total. The number of esters is 2. The minimum Gasteiger partial charge on any atom is -0.468 e. The second-order valence-corrected chi connectivity index (χ2v) is 3.04. The molecule has 0 aliphatic rings. The van der Waals surface area contributed by atoms with Gasteiger partial charge in [-0.05, 0) is 6.42 Å². The number of hydrogen-bond acceptors (Lipinski definition) is 4. The summed E-state index contributed by atoms with van der Waals surface area (Å²) in [7, 11) is 2.43. The smallest absolute Gasteiger partial charge is 0.327 e. The summed E-state index contributed by atoms with van der Waals surface area (Å²) < 4.78 is 9.23. The number of carbonyl (C=O) groups excluding carboxylic acids is 2. The highest BCUT2D eigenvalue weighted by Crippen LogP contribution is 2.28. The lowest BCUT2D eigenvalue weighted by molar-refractivity contribution is -0.164. The molecule has 0 aromatic carbocycles. The second-order valence-electron chi connectivity index (χ2n) is 3.04. The fraction of sp³-hybridized carbons (Fsp3) is 0.333. The number of methoxy groups -OCH3 is 2. The Morgan fingerprint density at radius 1 is 1.19 bits per heavy atom. The first-order valence-corrected chi connectivity index (χ1v) is 4.67. The Morgan fingerprint density at radius 2 is 1.69 bits per heavy atom. The molecule has 0 radical (unpaired) electrons. The predicted octanol–water partition coefficient (Wildman–Crippen LogP) is 1.64. The van der Waals surface area contributed by atoms with E-state index in [1.165, 1.54) is 38.5 Å². The molecule has 0 aliphatic carbocycles. The van der Waals surface area contributed by atoms with E-state index >= 15 is 0 Å². The van der Waals surface area contributed by atoms with Crippen LogP contribution in [0.1, 0.15) is 6.42 Å². The van der Waals surface area contributed by atoms with E-state index in [1.54, 1.807) is 0 Å². The average Bonchev–Trinajstić information content (AvgIpc) is 2.32. The SMILES string of the molecule is C=C/C=C/C(CC=C)(C(=O)OC)C(=O)OC. The summed E-state index contributed by atoms with van der Waals surface area (Å²) >= 11 is 0. The first kappa shape index (κ1) is 14.2. The molecular formula is C12H16O4. The van der Waals surface area contributed by atoms with Crippen LogP contribution in [0.2, 0.25) is 0 Å². The van der Waals surface area contributed by atoms with Gasteiger partial charge in [0.15, 0.2) is 5.41 Å². The number of allylic oxidation sites excluding steroid dienone is 3. The molecular weight excluding hydrogens is 208 g/mol. The van der Waals surface area contributed by atoms with Crippen molar-refractivity contribution in [1.82, 2.24) is 0 Å². The van der Waals surface area contributed by atoms with Crippen LogP contribution in [0.5, 0.6) is 0 Å². The molecule has 0 aromatic rings. The van der Waals surface area contributed by atoms with Gasteiger partial charge in [0.2, 0.25) is 0 Å². The molecule has 4 heteroatoms. The molecule has 0 aromatic heterocycles. The lowest BCUT2D eigenvalue weighted by Crippen LogP contribution is -2.39. The second kappa shape index (κ2) is 6.61. The van der Waals surface area contributed by atoms with Gasteiger partial charge in [0.1, 0.15) is 0 Å². The van der Waals surface area contributed by atoms with Crippen molar-refractivity contribution in [2.24, 2.45) is 5.41 Å². The third-order valence-corrected chi connectivity index (χ3v) is 2.08. The van der Waals surface area contributed by atoms with Crippen molar-refractivity contribution in [3.63, 3.8) is 0 Å². The fourth-order valence-electron chi connectivity index (χ4n) is 1.28. The first-order valence-electron chi connectivity index (χ1n) is 4.67. The van der Waals surface area contributed by atoms with E-state index in [0.717, 1.165) is 0 Å². The van der Waals surface area contributed by atoms with Crippen LogP contribution < -0.4 is 0 Å². The van der Waals surface area contributed by atoms with Crippen molar-refractivity contribution in [3.05, 3.63) is 37.5 Å². The number of rotatable bonds is 6. The average molecular weight is 224 g/mol. The molecule has 16 heavy (non-hydrogen) atoms. The largest absolute Gasteiger partial charge is 0.468 e. The normalized spacial score (nSPS) is 10.9. The van der Waals surface area contributed by atoms with Gasteiger partial charge in [-0.2, -0.15) is 0 Å². The van der Waals surface area contributed by atoms with E-state index in [0.29, 0.717) is 0 Å². The van der Waals surface area contributed by atoms with Crippen LogP contribution in [0.15, 0.2) is 37.5 Å². The maximum Gasteiger partial charge on any atom is 0.327 e. The van der Waals surface area contributed by atoms with Gasteiger partial charge in [-0.15, -0.1) is 6.58 Å². The Morgan fingerprint density at radius 3 is 2.00 bits per heavy atom. The van der Waals surface area contributed by atoms with Crippen LogP contribution in [-0.2, 0) is 19.1 Å². The maximum absolute atomic E-state index is 11.7. The van der Waals surface area contributed by atoms with Crippen molar-refractivity contribution < 1.29 is 19.1 Å². The highest BCUT2D eigenvalue weighted by Gasteiger charge is 2.44. The van der Waals surface area contributed by atoms with Crippen LogP contribution in [-0.4, -0.2) is 26.2 Å². The van der Waals surface area contributed by atoms with Crippen LogP contribution >= 0.6 is 0 Å². The van der Waals surface area contributed by atoms with Gasteiger partial charge in [-0.3, -0.25) is 9.59 Å². The third-order valence-electron chi connectivity index (χ3n) is 2.08. The summed E-state index contributed by atoms with van der Waals surface area (Å²) in [6.07, 6.45) is 5.93. The minimum absolute atomic E-state index is 0.108. The Labute approximate surface area is 95.2 Å². The van der Waals surface area contributed by atoms with Crippen molar-refractivity contribution >= 4 is 11.9 Å². The van der Waals surface area contributed by atoms with Gasteiger partial charge in [-0.1, -0.05) is 30.9 Å². The van der Waals surface area contributed by atoms with Crippen LogP contribution in [0.4, 0.5) is 0 Å². The third kappa shape index (κ3) is 2.82. The van der Waals surface area contributed by atoms with Crippen molar-refractivity contribution in [1.29, 1.82) is 0 Å². The molecule has 0 atom stereocenters. The molecule has 0 spiro atoms. The van der Waals surface area contributed by atoms with Gasteiger partial charge < -0.3 is 9.47 Å². The maximum atomic E-state index is 11.7. The van der Waals surface area contributed by atoms with Crippen LogP contribution in [0, 0.1) is 5.41 Å². The molecule has 0 rings (SSSR count). The highest BCUT2D eigenvalue weighted by molar-refractivity contribution is 6.02. The molecule has 0 bridgehead atoms. The number of ether oxygens (including phenoxy) is 2. The molecule has 0 saturated carbocycles. The lowest BCUT2D eigenvalue weighted by Gasteiger charge is -2.23. The Hall–Kier alpha value is -1.84. The molecule has 88 valence electrons. The van der Waals surface area contributed by atoms with E-state index in [-0.39, 0.29) is 6.42 Å². The molecule has 0 amide bonds. The Bertz CT molecular complexity index is 299. The fourth-order valence-corrected chi connectivity index (χ4v) is 1.28. The Balaban J connectivity index is 5.44. The Kier molecular flexibility index (Phi) is 5.85. The van der Waals surface area contributed by atoms with Crippen LogP contribution in [0.3, 0.4) is 0 Å². The number of carbonyl (C=O) groups is 2. The molecule has 0 unspecified atom stereocenters. The van der Waals surface area contributed by atoms with Gasteiger partial charge >= 0.3 is 11.9 Å². The van der Waals surface area contributed by atoms with Crippen molar-refractivity contribution in [2.75, 3.05) is 14.2 Å². The monoisotopic (exact) mass is 224 g/mol. The van der Waals surface area contributed by atoms with Gasteiger partial charge in [-0.25, -0.2) is 0 Å². The van der Waals surface area contributed by atoms with Crippen molar-refractivity contribution in [2.45, 2.75) is 6.42 Å². The molecule has 0 heterocycles. The summed E-state index contributed by atoms with van der Waals surface area (Å²) in [5, 5.41) is 0. The first-order chi connectivity index (χ1) is 7.58. The zero-order valence-electron chi connectivity index (χ0n) is 9.56. The quantitative estimate of drug-likeness (QED) is 0.298. The topological polar surface area (TPSA) is 52.6 Å². The minimum atomic E-state index is -1.47. The number of hydrogen-bond donors (Lipinski definition) is 0. The standard InChI is InChI=1S/C12H16O4/c1-5-7-9-12(8-6-2,10(13)15-3)11(14)16-4/h5-7,9H,1-2,8H2,3-4H3/b9-7+. The van der Waals surface area contributed by atoms with E-state index in [4.69, 9.17) is 0 Å². The molecule has 0 fully saturated rings. The summed E-state index contributed by atoms with van der Waals surface area (Å²) in [6.45, 7) is 6.99. The zero-order valence-corrected chi connectivity index (χ0v) is 9.56. The summed E-state index contributed by atoms with van der Waals surface area (Å²) in [5.74, 6) is -1.37. The predicted molar refractivity (Wildman–Crippen MR) is 60.6 cm³/mol. The van der Waals surface area contributed by atoms with E-state index in [2.05, 4.69) is 22.6 Å². The molecule has 0 saturated heterocycles. The van der Waals surface area contributed by atoms with Gasteiger partial charge in [0.25, 0.3) is 0 Å². The zero-order chi connectivity index (χ0) is 12.6. The van der Waals surface area contributed by atoms with E-state index < -0.39 is 17.4 Å². The lowest BCUT2D eigenvalue weighted by atomic mass is 9.84. The highest BCUT2D eigenvalue weighted by atomic mass is 16.5. The van der Waals surface area contributed by atoms with E-state index in [1.807, 2.05) is 0 Å². The van der Waals surface area contributed by atoms with Gasteiger partial charge in [0.05, 0.1) is 14.2 Å². The van der Waals surface area contributed by atoms with Gasteiger partial charge in [0, 0.05) is 0 Å².